The smallest absolute Gasteiger partial charge is 0.227 e. The van der Waals surface area contributed by atoms with Gasteiger partial charge in [-0.25, -0.2) is 4.98 Å². The molecule has 2 aliphatic carbocycles. The van der Waals surface area contributed by atoms with E-state index in [1.165, 1.54) is 32.1 Å². The topological polar surface area (TPSA) is 98.3 Å². The second kappa shape index (κ2) is 14.0. The molecular weight excluding hydrogens is 536 g/mol. The Morgan fingerprint density at radius 3 is 2.44 bits per heavy atom. The number of methoxy groups -OCH3 is 1. The van der Waals surface area contributed by atoms with Gasteiger partial charge in [0.1, 0.15) is 12.7 Å². The molecule has 41 heavy (non-hydrogen) atoms. The summed E-state index contributed by atoms with van der Waals surface area (Å²) in [5, 5.41) is 8.79. The first-order valence-electron chi connectivity index (χ1n) is 15.8. The summed E-state index contributed by atoms with van der Waals surface area (Å²) in [6.45, 7) is 4.02. The molecule has 1 atom stereocenters. The van der Waals surface area contributed by atoms with Crippen LogP contribution in [0.5, 0.6) is 0 Å². The van der Waals surface area contributed by atoms with E-state index in [2.05, 4.69) is 20.3 Å². The molecule has 0 unspecified atom stereocenters. The molecule has 0 bridgehead atoms. The number of carbonyl (C=O) groups is 1. The van der Waals surface area contributed by atoms with Crippen LogP contribution in [0.15, 0.2) is 36.9 Å². The van der Waals surface area contributed by atoms with Crippen LogP contribution < -0.4 is 11.1 Å². The third kappa shape index (κ3) is 7.51. The molecule has 3 N–H and O–H groups in total. The third-order valence-corrected chi connectivity index (χ3v) is 10.7. The van der Waals surface area contributed by atoms with Gasteiger partial charge in [-0.3, -0.25) is 9.48 Å². The van der Waals surface area contributed by atoms with Crippen molar-refractivity contribution in [2.24, 2.45) is 23.0 Å². The van der Waals surface area contributed by atoms with Crippen molar-refractivity contribution < 1.29 is 9.53 Å². The largest absolute Gasteiger partial charge is 0.383 e. The predicted molar refractivity (Wildman–Crippen MR) is 163 cm³/mol. The molecule has 0 radical (unpaired) electrons. The highest BCUT2D eigenvalue weighted by Gasteiger charge is 2.47. The van der Waals surface area contributed by atoms with Crippen molar-refractivity contribution >= 4 is 17.5 Å². The second-order valence-electron chi connectivity index (χ2n) is 13.0. The lowest BCUT2D eigenvalue weighted by Crippen LogP contribution is -2.59. The lowest BCUT2D eigenvalue weighted by molar-refractivity contribution is -0.142. The van der Waals surface area contributed by atoms with Gasteiger partial charge in [-0.2, -0.15) is 5.10 Å². The highest BCUT2D eigenvalue weighted by molar-refractivity contribution is 6.30. The van der Waals surface area contributed by atoms with Crippen molar-refractivity contribution in [2.45, 2.75) is 95.2 Å². The van der Waals surface area contributed by atoms with Crippen molar-refractivity contribution in [2.75, 3.05) is 33.4 Å². The van der Waals surface area contributed by atoms with Crippen LogP contribution >= 0.6 is 11.6 Å². The van der Waals surface area contributed by atoms with E-state index in [1.807, 2.05) is 35.3 Å². The normalized spacial score (nSPS) is 26.1. The van der Waals surface area contributed by atoms with Gasteiger partial charge < -0.3 is 20.7 Å². The number of nitrogens with zero attached hydrogens (tertiary/aromatic N) is 4. The van der Waals surface area contributed by atoms with Crippen molar-refractivity contribution in [3.63, 3.8) is 0 Å². The number of benzene rings is 1. The standard InChI is InChI=1S/C32H49ClN6O2/c1-41-20-17-36-28-11-13-32(34,14-12-28)29(21-25-7-9-27(33)10-8-25)30(40)38-18-15-31(16-19-38,22-39-24-35-23-37-39)26-5-3-2-4-6-26/h7-10,23-24,26,28-29,36H,2-6,11-22,34H2,1H3/t28-,29-,32+/m0/s1. The molecule has 8 nitrogen and oxygen atoms in total. The lowest BCUT2D eigenvalue weighted by atomic mass is 9.63. The number of aromatic nitrogens is 3. The Bertz CT molecular complexity index is 1070. The highest BCUT2D eigenvalue weighted by Crippen LogP contribution is 2.47. The Hall–Kier alpha value is -2.00. The number of nitrogens with one attached hydrogen (secondary N) is 1. The van der Waals surface area contributed by atoms with Crippen LogP contribution in [0, 0.1) is 17.3 Å². The van der Waals surface area contributed by atoms with E-state index in [1.54, 1.807) is 13.4 Å². The van der Waals surface area contributed by atoms with E-state index in [0.29, 0.717) is 30.0 Å². The molecular formula is C32H49ClN6O2. The summed E-state index contributed by atoms with van der Waals surface area (Å²) in [7, 11) is 1.73. The number of likely N-dealkylation sites (tertiary alicyclic amines) is 1. The van der Waals surface area contributed by atoms with Crippen LogP contribution in [0.3, 0.4) is 0 Å². The van der Waals surface area contributed by atoms with Gasteiger partial charge in [-0.1, -0.05) is 43.0 Å². The van der Waals surface area contributed by atoms with Gasteiger partial charge in [0.05, 0.1) is 12.5 Å². The fourth-order valence-electron chi connectivity index (χ4n) is 7.91. The summed E-state index contributed by atoms with van der Waals surface area (Å²) in [5.41, 5.74) is 8.00. The van der Waals surface area contributed by atoms with Crippen molar-refractivity contribution in [3.8, 4) is 0 Å². The molecule has 2 saturated carbocycles. The molecule has 3 aliphatic rings. The molecule has 1 aromatic heterocycles. The zero-order valence-electron chi connectivity index (χ0n) is 24.8. The fraction of sp³-hybridized carbons (Fsp3) is 0.719. The lowest BCUT2D eigenvalue weighted by Gasteiger charge is -2.50. The number of ether oxygens (including phenoxy) is 1. The van der Waals surface area contributed by atoms with E-state index >= 15 is 0 Å². The van der Waals surface area contributed by atoms with Gasteiger partial charge in [0.25, 0.3) is 0 Å². The summed E-state index contributed by atoms with van der Waals surface area (Å²) in [4.78, 5) is 20.8. The number of nitrogens with two attached hydrogens (primary N) is 1. The summed E-state index contributed by atoms with van der Waals surface area (Å²) in [6, 6.07) is 8.36. The number of hydrogen-bond acceptors (Lipinski definition) is 6. The average Bonchev–Trinajstić information content (AvgIpc) is 3.51. The maximum absolute atomic E-state index is 14.4. The van der Waals surface area contributed by atoms with Crippen molar-refractivity contribution in [3.05, 3.63) is 47.5 Å². The molecule has 9 heteroatoms. The minimum absolute atomic E-state index is 0.170. The fourth-order valence-corrected chi connectivity index (χ4v) is 8.03. The average molecular weight is 585 g/mol. The SMILES string of the molecule is COCCN[C@H]1CC[C@](N)([C@@H](Cc2ccc(Cl)cc2)C(=O)N2CCC(Cn3cncn3)(C3CCCCC3)CC2)CC1. The zero-order chi connectivity index (χ0) is 28.7. The van der Waals surface area contributed by atoms with Crippen LogP contribution in [-0.4, -0.2) is 70.5 Å². The molecule has 5 rings (SSSR count). The number of halogens is 1. The molecule has 226 valence electrons. The maximum atomic E-state index is 14.4. The Morgan fingerprint density at radius 1 is 1.10 bits per heavy atom. The molecule has 1 aliphatic heterocycles. The van der Waals surface area contributed by atoms with E-state index in [0.717, 1.165) is 70.3 Å². The molecule has 3 fully saturated rings. The quantitative estimate of drug-likeness (QED) is 0.366. The number of carbonyl (C=O) groups excluding carboxylic acids is 1. The molecule has 1 amide bonds. The number of hydrogen-bond donors (Lipinski definition) is 2. The van der Waals surface area contributed by atoms with Gasteiger partial charge in [-0.05, 0) is 86.8 Å². The molecule has 1 saturated heterocycles. The van der Waals surface area contributed by atoms with Crippen LogP contribution in [0.1, 0.15) is 76.2 Å². The Morgan fingerprint density at radius 2 is 1.80 bits per heavy atom. The second-order valence-corrected chi connectivity index (χ2v) is 13.4. The number of amides is 1. The summed E-state index contributed by atoms with van der Waals surface area (Å²) in [5.74, 6) is 0.664. The van der Waals surface area contributed by atoms with Crippen LogP contribution in [0.25, 0.3) is 0 Å². The monoisotopic (exact) mass is 584 g/mol. The Labute approximate surface area is 250 Å². The minimum atomic E-state index is -0.519. The van der Waals surface area contributed by atoms with Crippen LogP contribution in [-0.2, 0) is 22.5 Å². The first-order valence-corrected chi connectivity index (χ1v) is 16.2. The summed E-state index contributed by atoms with van der Waals surface area (Å²) in [6.07, 6.45) is 16.3. The predicted octanol–water partition coefficient (Wildman–Crippen LogP) is 4.86. The maximum Gasteiger partial charge on any atom is 0.227 e. The van der Waals surface area contributed by atoms with E-state index in [9.17, 15) is 4.79 Å². The summed E-state index contributed by atoms with van der Waals surface area (Å²) < 4.78 is 7.23. The Balaban J connectivity index is 1.30. The third-order valence-electron chi connectivity index (χ3n) is 10.5. The number of rotatable bonds is 11. The molecule has 2 aromatic rings. The van der Waals surface area contributed by atoms with Crippen LogP contribution in [0.2, 0.25) is 5.02 Å². The van der Waals surface area contributed by atoms with Gasteiger partial charge >= 0.3 is 0 Å². The van der Waals surface area contributed by atoms with E-state index in [-0.39, 0.29) is 17.2 Å². The molecule has 1 aromatic carbocycles. The highest BCUT2D eigenvalue weighted by atomic mass is 35.5. The van der Waals surface area contributed by atoms with Crippen LogP contribution in [0.4, 0.5) is 0 Å². The summed E-state index contributed by atoms with van der Waals surface area (Å²) >= 11 is 6.19. The van der Waals surface area contributed by atoms with E-state index < -0.39 is 5.54 Å². The molecule has 0 spiro atoms. The van der Waals surface area contributed by atoms with Gasteiger partial charge in [-0.15, -0.1) is 0 Å². The Kier molecular flexibility index (Phi) is 10.4. The number of piperidine rings is 1. The van der Waals surface area contributed by atoms with Gasteiger partial charge in [0.2, 0.25) is 5.91 Å². The first-order chi connectivity index (χ1) is 19.9. The first kappa shape index (κ1) is 30.5. The van der Waals surface area contributed by atoms with Crippen molar-refractivity contribution in [1.29, 1.82) is 0 Å². The van der Waals surface area contributed by atoms with Gasteiger partial charge in [0, 0.05) is 49.9 Å². The van der Waals surface area contributed by atoms with Gasteiger partial charge in [0.15, 0.2) is 0 Å². The zero-order valence-corrected chi connectivity index (χ0v) is 25.5. The minimum Gasteiger partial charge on any atom is -0.383 e. The van der Waals surface area contributed by atoms with E-state index in [4.69, 9.17) is 22.1 Å². The molecule has 2 heterocycles. The van der Waals surface area contributed by atoms with Crippen molar-refractivity contribution in [1.82, 2.24) is 25.0 Å².